The van der Waals surface area contributed by atoms with E-state index in [9.17, 15) is 4.39 Å². The second-order valence-corrected chi connectivity index (χ2v) is 5.07. The Morgan fingerprint density at radius 2 is 1.29 bits per heavy atom. The fraction of sp³-hybridized carbons (Fsp3) is 0.100. The monoisotopic (exact) mass is 276 g/mol. The van der Waals surface area contributed by atoms with E-state index in [0.717, 1.165) is 27.8 Å². The molecule has 0 nitrogen and oxygen atoms in total. The summed E-state index contributed by atoms with van der Waals surface area (Å²) in [6.45, 7) is 1.99. The largest absolute Gasteiger partial charge is 0.207 e. The summed E-state index contributed by atoms with van der Waals surface area (Å²) in [5, 5.41) is 0. The lowest BCUT2D eigenvalue weighted by Crippen LogP contribution is -1.94. The molecule has 3 rings (SSSR count). The van der Waals surface area contributed by atoms with Crippen LogP contribution < -0.4 is 0 Å². The number of rotatable bonds is 3. The van der Waals surface area contributed by atoms with Gasteiger partial charge in [-0.05, 0) is 46.4 Å². The molecule has 1 heteroatoms. The Morgan fingerprint density at radius 1 is 0.714 bits per heavy atom. The number of benzene rings is 3. The first-order chi connectivity index (χ1) is 10.3. The third-order valence-electron chi connectivity index (χ3n) is 3.74. The van der Waals surface area contributed by atoms with Gasteiger partial charge in [0, 0.05) is 0 Å². The molecule has 0 atom stereocenters. The van der Waals surface area contributed by atoms with E-state index < -0.39 is 0 Å². The summed E-state index contributed by atoms with van der Waals surface area (Å²) in [7, 11) is 0. The average Bonchev–Trinajstić information content (AvgIpc) is 2.55. The third-order valence-corrected chi connectivity index (χ3v) is 3.74. The van der Waals surface area contributed by atoms with Crippen LogP contribution in [0.3, 0.4) is 0 Å². The SMILES string of the molecule is CCc1c(F)cc(-c2ccccc2)cc1-c1ccccc1. The maximum atomic E-state index is 14.5. The Bertz CT molecular complexity index is 731. The van der Waals surface area contributed by atoms with E-state index >= 15 is 0 Å². The van der Waals surface area contributed by atoms with Crippen LogP contribution in [-0.4, -0.2) is 0 Å². The summed E-state index contributed by atoms with van der Waals surface area (Å²) in [4.78, 5) is 0. The Labute approximate surface area is 124 Å². The average molecular weight is 276 g/mol. The van der Waals surface area contributed by atoms with Crippen molar-refractivity contribution in [3.8, 4) is 22.3 Å². The molecule has 0 amide bonds. The predicted octanol–water partition coefficient (Wildman–Crippen LogP) is 5.72. The van der Waals surface area contributed by atoms with E-state index in [-0.39, 0.29) is 5.82 Å². The van der Waals surface area contributed by atoms with E-state index in [2.05, 4.69) is 6.07 Å². The normalized spacial score (nSPS) is 10.6. The molecule has 0 saturated carbocycles. The molecular formula is C20H17F. The standard InChI is InChI=1S/C20H17F/c1-2-18-19(16-11-7-4-8-12-16)13-17(14-20(18)21)15-9-5-3-6-10-15/h3-14H,2H2,1H3. The van der Waals surface area contributed by atoms with Gasteiger partial charge in [0.25, 0.3) is 0 Å². The number of hydrogen-bond donors (Lipinski definition) is 0. The first-order valence-electron chi connectivity index (χ1n) is 7.23. The fourth-order valence-electron chi connectivity index (χ4n) is 2.67. The summed E-state index contributed by atoms with van der Waals surface area (Å²) < 4.78 is 14.5. The highest BCUT2D eigenvalue weighted by molar-refractivity contribution is 5.75. The molecule has 104 valence electrons. The van der Waals surface area contributed by atoms with Crippen LogP contribution in [0.1, 0.15) is 12.5 Å². The van der Waals surface area contributed by atoms with Crippen LogP contribution in [0.2, 0.25) is 0 Å². The van der Waals surface area contributed by atoms with E-state index in [1.807, 2.05) is 67.6 Å². The Morgan fingerprint density at radius 3 is 1.86 bits per heavy atom. The maximum Gasteiger partial charge on any atom is 0.127 e. The second kappa shape index (κ2) is 5.92. The van der Waals surface area contributed by atoms with Crippen LogP contribution in [0.4, 0.5) is 4.39 Å². The maximum absolute atomic E-state index is 14.5. The molecule has 0 aliphatic carbocycles. The van der Waals surface area contributed by atoms with Gasteiger partial charge in [-0.3, -0.25) is 0 Å². The van der Waals surface area contributed by atoms with Crippen molar-refractivity contribution in [1.82, 2.24) is 0 Å². The zero-order chi connectivity index (χ0) is 14.7. The third kappa shape index (κ3) is 2.73. The first-order valence-corrected chi connectivity index (χ1v) is 7.23. The second-order valence-electron chi connectivity index (χ2n) is 5.07. The van der Waals surface area contributed by atoms with Crippen LogP contribution in [0.5, 0.6) is 0 Å². The summed E-state index contributed by atoms with van der Waals surface area (Å²) >= 11 is 0. The van der Waals surface area contributed by atoms with E-state index in [1.54, 1.807) is 6.07 Å². The molecule has 3 aromatic rings. The van der Waals surface area contributed by atoms with Crippen molar-refractivity contribution in [2.24, 2.45) is 0 Å². The van der Waals surface area contributed by atoms with Gasteiger partial charge in [-0.2, -0.15) is 0 Å². The predicted molar refractivity (Wildman–Crippen MR) is 86.7 cm³/mol. The lowest BCUT2D eigenvalue weighted by atomic mass is 9.93. The Balaban J connectivity index is 2.21. The summed E-state index contributed by atoms with van der Waals surface area (Å²) in [6, 6.07) is 23.7. The van der Waals surface area contributed by atoms with Crippen molar-refractivity contribution in [3.63, 3.8) is 0 Å². The van der Waals surface area contributed by atoms with Crippen molar-refractivity contribution < 1.29 is 4.39 Å². The highest BCUT2D eigenvalue weighted by Gasteiger charge is 2.12. The number of hydrogen-bond acceptors (Lipinski definition) is 0. The van der Waals surface area contributed by atoms with Gasteiger partial charge < -0.3 is 0 Å². The lowest BCUT2D eigenvalue weighted by molar-refractivity contribution is 0.613. The van der Waals surface area contributed by atoms with Crippen molar-refractivity contribution >= 4 is 0 Å². The van der Waals surface area contributed by atoms with Crippen molar-refractivity contribution in [2.75, 3.05) is 0 Å². The lowest BCUT2D eigenvalue weighted by Gasteiger charge is -2.13. The molecule has 0 saturated heterocycles. The van der Waals surface area contributed by atoms with Gasteiger partial charge in [0.15, 0.2) is 0 Å². The number of halogens is 1. The van der Waals surface area contributed by atoms with Crippen LogP contribution in [0.15, 0.2) is 72.8 Å². The molecular weight excluding hydrogens is 259 g/mol. The molecule has 0 aliphatic heterocycles. The van der Waals surface area contributed by atoms with Crippen LogP contribution >= 0.6 is 0 Å². The van der Waals surface area contributed by atoms with Gasteiger partial charge in [0.1, 0.15) is 5.82 Å². The van der Waals surface area contributed by atoms with Gasteiger partial charge in [0.2, 0.25) is 0 Å². The molecule has 21 heavy (non-hydrogen) atoms. The molecule has 0 radical (unpaired) electrons. The highest BCUT2D eigenvalue weighted by Crippen LogP contribution is 2.32. The molecule has 0 heterocycles. The smallest absolute Gasteiger partial charge is 0.127 e. The topological polar surface area (TPSA) is 0 Å². The van der Waals surface area contributed by atoms with Crippen LogP contribution in [0, 0.1) is 5.82 Å². The molecule has 0 fully saturated rings. The summed E-state index contributed by atoms with van der Waals surface area (Å²) in [6.07, 6.45) is 0.686. The minimum atomic E-state index is -0.127. The van der Waals surface area contributed by atoms with Gasteiger partial charge in [0.05, 0.1) is 0 Å². The van der Waals surface area contributed by atoms with Crippen LogP contribution in [0.25, 0.3) is 22.3 Å². The molecule has 3 aromatic carbocycles. The van der Waals surface area contributed by atoms with Gasteiger partial charge >= 0.3 is 0 Å². The highest BCUT2D eigenvalue weighted by atomic mass is 19.1. The van der Waals surface area contributed by atoms with E-state index in [0.29, 0.717) is 6.42 Å². The molecule has 0 unspecified atom stereocenters. The zero-order valence-electron chi connectivity index (χ0n) is 12.0. The van der Waals surface area contributed by atoms with Crippen molar-refractivity contribution in [1.29, 1.82) is 0 Å². The van der Waals surface area contributed by atoms with E-state index in [4.69, 9.17) is 0 Å². The van der Waals surface area contributed by atoms with Gasteiger partial charge in [-0.1, -0.05) is 67.6 Å². The minimum Gasteiger partial charge on any atom is -0.207 e. The van der Waals surface area contributed by atoms with Crippen molar-refractivity contribution in [2.45, 2.75) is 13.3 Å². The Kier molecular flexibility index (Phi) is 3.83. The quantitative estimate of drug-likeness (QED) is 0.573. The molecule has 0 spiro atoms. The summed E-state index contributed by atoms with van der Waals surface area (Å²) in [5.41, 5.74) is 4.78. The summed E-state index contributed by atoms with van der Waals surface area (Å²) in [5.74, 6) is -0.127. The minimum absolute atomic E-state index is 0.127. The van der Waals surface area contributed by atoms with Crippen LogP contribution in [-0.2, 0) is 6.42 Å². The fourth-order valence-corrected chi connectivity index (χ4v) is 2.67. The first kappa shape index (κ1) is 13.6. The van der Waals surface area contributed by atoms with Gasteiger partial charge in [-0.15, -0.1) is 0 Å². The van der Waals surface area contributed by atoms with E-state index in [1.165, 1.54) is 0 Å². The molecule has 0 aromatic heterocycles. The molecule has 0 N–H and O–H groups in total. The van der Waals surface area contributed by atoms with Gasteiger partial charge in [-0.25, -0.2) is 4.39 Å². The molecule has 0 aliphatic rings. The van der Waals surface area contributed by atoms with Crippen molar-refractivity contribution in [3.05, 3.63) is 84.2 Å². The Hall–Kier alpha value is -2.41. The molecule has 0 bridgehead atoms. The zero-order valence-corrected chi connectivity index (χ0v) is 12.0.